The van der Waals surface area contributed by atoms with Gasteiger partial charge in [0.2, 0.25) is 0 Å². The van der Waals surface area contributed by atoms with E-state index in [9.17, 15) is 9.59 Å². The van der Waals surface area contributed by atoms with Crippen LogP contribution < -0.4 is 5.32 Å². The minimum Gasteiger partial charge on any atom is -0.463 e. The molecule has 1 aliphatic heterocycles. The first kappa shape index (κ1) is 19.4. The lowest BCUT2D eigenvalue weighted by atomic mass is 9.69. The fourth-order valence-corrected chi connectivity index (χ4v) is 4.30. The van der Waals surface area contributed by atoms with Gasteiger partial charge in [-0.3, -0.25) is 4.79 Å². The van der Waals surface area contributed by atoms with E-state index in [4.69, 9.17) is 4.74 Å². The van der Waals surface area contributed by atoms with Gasteiger partial charge in [0, 0.05) is 29.3 Å². The Kier molecular flexibility index (Phi) is 5.54. The summed E-state index contributed by atoms with van der Waals surface area (Å²) in [7, 11) is 0. The second-order valence-electron chi connectivity index (χ2n) is 8.29. The number of aryl methyl sites for hydroxylation is 1. The van der Waals surface area contributed by atoms with Crippen molar-refractivity contribution in [3.05, 3.63) is 58.4 Å². The largest absolute Gasteiger partial charge is 0.463 e. The van der Waals surface area contributed by atoms with E-state index in [2.05, 4.69) is 31.3 Å². The van der Waals surface area contributed by atoms with Crippen molar-refractivity contribution in [2.24, 2.45) is 11.3 Å². The molecule has 0 spiro atoms. The number of carbonyl (C=O) groups is 2. The molecule has 0 radical (unpaired) electrons. The molecule has 27 heavy (non-hydrogen) atoms. The SMILES string of the molecule is CCOC(=O)C1=C(C)NC2=C(C(=O)CC(C)(C)C2)C1CCc1ccccc1. The Morgan fingerprint density at radius 3 is 2.59 bits per heavy atom. The average Bonchev–Trinajstić information content (AvgIpc) is 2.59. The lowest BCUT2D eigenvalue weighted by Gasteiger charge is -2.39. The standard InChI is InChI=1S/C23H29NO3/c1-5-27-22(26)20-15(2)24-18-13-23(3,4)14-19(25)21(18)17(20)12-11-16-9-7-6-8-10-16/h6-10,17,24H,5,11-14H2,1-4H3. The number of carbonyl (C=O) groups excluding carboxylic acids is 2. The highest BCUT2D eigenvalue weighted by Crippen LogP contribution is 2.44. The molecule has 1 aromatic rings. The molecule has 1 aliphatic carbocycles. The van der Waals surface area contributed by atoms with Crippen LogP contribution in [-0.2, 0) is 20.7 Å². The van der Waals surface area contributed by atoms with Crippen molar-refractivity contribution in [2.75, 3.05) is 6.61 Å². The second-order valence-corrected chi connectivity index (χ2v) is 8.29. The Morgan fingerprint density at radius 2 is 1.93 bits per heavy atom. The van der Waals surface area contributed by atoms with Crippen LogP contribution >= 0.6 is 0 Å². The van der Waals surface area contributed by atoms with Crippen molar-refractivity contribution in [3.63, 3.8) is 0 Å². The minimum absolute atomic E-state index is 0.0609. The number of rotatable bonds is 5. The molecule has 144 valence electrons. The van der Waals surface area contributed by atoms with Gasteiger partial charge in [-0.15, -0.1) is 0 Å². The molecule has 1 N–H and O–H groups in total. The van der Waals surface area contributed by atoms with Gasteiger partial charge in [-0.2, -0.15) is 0 Å². The van der Waals surface area contributed by atoms with Gasteiger partial charge in [0.15, 0.2) is 5.78 Å². The number of dihydropyridines is 1. The van der Waals surface area contributed by atoms with Gasteiger partial charge in [-0.1, -0.05) is 44.2 Å². The van der Waals surface area contributed by atoms with E-state index >= 15 is 0 Å². The molecule has 1 unspecified atom stereocenters. The molecule has 0 amide bonds. The number of esters is 1. The maximum atomic E-state index is 13.0. The fraction of sp³-hybridized carbons (Fsp3) is 0.478. The van der Waals surface area contributed by atoms with E-state index in [1.165, 1.54) is 5.56 Å². The van der Waals surface area contributed by atoms with E-state index < -0.39 is 0 Å². The second kappa shape index (κ2) is 7.71. The maximum absolute atomic E-state index is 13.0. The highest BCUT2D eigenvalue weighted by molar-refractivity contribution is 6.02. The van der Waals surface area contributed by atoms with Gasteiger partial charge in [0.1, 0.15) is 0 Å². The number of hydrogen-bond acceptors (Lipinski definition) is 4. The lowest BCUT2D eigenvalue weighted by molar-refractivity contribution is -0.139. The number of nitrogens with one attached hydrogen (secondary N) is 1. The van der Waals surface area contributed by atoms with Crippen molar-refractivity contribution < 1.29 is 14.3 Å². The first-order valence-electron chi connectivity index (χ1n) is 9.77. The van der Waals surface area contributed by atoms with Gasteiger partial charge in [-0.25, -0.2) is 4.79 Å². The van der Waals surface area contributed by atoms with Crippen molar-refractivity contribution in [3.8, 4) is 0 Å². The Labute approximate surface area is 161 Å². The summed E-state index contributed by atoms with van der Waals surface area (Å²) in [4.78, 5) is 25.7. The number of hydrogen-bond donors (Lipinski definition) is 1. The van der Waals surface area contributed by atoms with Gasteiger partial charge >= 0.3 is 5.97 Å². The molecule has 3 rings (SSSR count). The average molecular weight is 367 g/mol. The summed E-state index contributed by atoms with van der Waals surface area (Å²) >= 11 is 0. The minimum atomic E-state index is -0.315. The third-order valence-corrected chi connectivity index (χ3v) is 5.42. The fourth-order valence-electron chi connectivity index (χ4n) is 4.30. The number of benzene rings is 1. The van der Waals surface area contributed by atoms with Crippen LogP contribution in [-0.4, -0.2) is 18.4 Å². The van der Waals surface area contributed by atoms with Crippen LogP contribution in [0.3, 0.4) is 0 Å². The van der Waals surface area contributed by atoms with Crippen LogP contribution in [0.25, 0.3) is 0 Å². The number of ether oxygens (including phenoxy) is 1. The van der Waals surface area contributed by atoms with Crippen LogP contribution in [0.5, 0.6) is 0 Å². The number of allylic oxidation sites excluding steroid dienone is 3. The quantitative estimate of drug-likeness (QED) is 0.788. The van der Waals surface area contributed by atoms with Crippen LogP contribution in [0.2, 0.25) is 0 Å². The van der Waals surface area contributed by atoms with Gasteiger partial charge < -0.3 is 10.1 Å². The molecule has 0 fully saturated rings. The van der Waals surface area contributed by atoms with E-state index in [0.717, 1.165) is 36.2 Å². The Morgan fingerprint density at radius 1 is 1.22 bits per heavy atom. The Balaban J connectivity index is 1.96. The van der Waals surface area contributed by atoms with Crippen molar-refractivity contribution in [1.82, 2.24) is 5.32 Å². The molecule has 0 saturated heterocycles. The molecule has 0 saturated carbocycles. The molecule has 2 aliphatic rings. The molecule has 1 aromatic carbocycles. The van der Waals surface area contributed by atoms with Crippen LogP contribution in [0.4, 0.5) is 0 Å². The first-order valence-corrected chi connectivity index (χ1v) is 9.77. The molecular formula is C23H29NO3. The predicted octanol–water partition coefficient (Wildman–Crippen LogP) is 4.32. The summed E-state index contributed by atoms with van der Waals surface area (Å²) in [5.74, 6) is -0.366. The summed E-state index contributed by atoms with van der Waals surface area (Å²) in [5.41, 5.74) is 4.35. The van der Waals surface area contributed by atoms with Gasteiger partial charge in [-0.05, 0) is 44.1 Å². The first-order chi connectivity index (χ1) is 12.8. The topological polar surface area (TPSA) is 55.4 Å². The van der Waals surface area contributed by atoms with E-state index in [1.54, 1.807) is 0 Å². The summed E-state index contributed by atoms with van der Waals surface area (Å²) in [5, 5.41) is 3.36. The lowest BCUT2D eigenvalue weighted by Crippen LogP contribution is -2.39. The smallest absolute Gasteiger partial charge is 0.336 e. The van der Waals surface area contributed by atoms with Crippen LogP contribution in [0.15, 0.2) is 52.9 Å². The summed E-state index contributed by atoms with van der Waals surface area (Å²) in [6.07, 6.45) is 2.88. The highest BCUT2D eigenvalue weighted by Gasteiger charge is 2.42. The summed E-state index contributed by atoms with van der Waals surface area (Å²) in [6.45, 7) is 8.29. The Hall–Kier alpha value is -2.36. The molecule has 0 bridgehead atoms. The zero-order valence-electron chi connectivity index (χ0n) is 16.7. The molecule has 0 aromatic heterocycles. The van der Waals surface area contributed by atoms with Gasteiger partial charge in [0.05, 0.1) is 12.2 Å². The third kappa shape index (κ3) is 4.15. The van der Waals surface area contributed by atoms with Crippen LogP contribution in [0.1, 0.15) is 52.5 Å². The predicted molar refractivity (Wildman–Crippen MR) is 106 cm³/mol. The van der Waals surface area contributed by atoms with E-state index in [0.29, 0.717) is 18.6 Å². The molecule has 4 nitrogen and oxygen atoms in total. The monoisotopic (exact) mass is 367 g/mol. The number of Topliss-reactive ketones (excluding diaryl/α,β-unsaturated/α-hetero) is 1. The Bertz CT molecular complexity index is 802. The highest BCUT2D eigenvalue weighted by atomic mass is 16.5. The van der Waals surface area contributed by atoms with Gasteiger partial charge in [0.25, 0.3) is 0 Å². The molecule has 1 heterocycles. The third-order valence-electron chi connectivity index (χ3n) is 5.42. The van der Waals surface area contributed by atoms with Crippen LogP contribution in [0, 0.1) is 11.3 Å². The van der Waals surface area contributed by atoms with Crippen molar-refractivity contribution in [1.29, 1.82) is 0 Å². The molecule has 1 atom stereocenters. The van der Waals surface area contributed by atoms with E-state index in [-0.39, 0.29) is 23.1 Å². The normalized spacial score (nSPS) is 21.6. The zero-order chi connectivity index (χ0) is 19.6. The summed E-state index contributed by atoms with van der Waals surface area (Å²) in [6, 6.07) is 10.2. The zero-order valence-corrected chi connectivity index (χ0v) is 16.7. The maximum Gasteiger partial charge on any atom is 0.336 e. The molecule has 4 heteroatoms. The summed E-state index contributed by atoms with van der Waals surface area (Å²) < 4.78 is 5.32. The van der Waals surface area contributed by atoms with Crippen molar-refractivity contribution in [2.45, 2.75) is 53.4 Å². The van der Waals surface area contributed by atoms with Crippen molar-refractivity contribution >= 4 is 11.8 Å². The number of ketones is 1. The molecular weight excluding hydrogens is 338 g/mol. The van der Waals surface area contributed by atoms with E-state index in [1.807, 2.05) is 32.0 Å².